The summed E-state index contributed by atoms with van der Waals surface area (Å²) in [6.07, 6.45) is 6.80. The van der Waals surface area contributed by atoms with E-state index in [0.717, 1.165) is 0 Å². The van der Waals surface area contributed by atoms with Crippen LogP contribution in [0.25, 0.3) is 0 Å². The molecule has 0 spiro atoms. The maximum atomic E-state index is 3.21. The summed E-state index contributed by atoms with van der Waals surface area (Å²) in [4.78, 5) is 5.24. The number of nitrogens with one attached hydrogen (secondary N) is 1. The van der Waals surface area contributed by atoms with Gasteiger partial charge in [0.25, 0.3) is 0 Å². The highest BCUT2D eigenvalue weighted by Gasteiger charge is 2.14. The van der Waals surface area contributed by atoms with Crippen LogP contribution >= 0.6 is 0 Å². The van der Waals surface area contributed by atoms with Crippen LogP contribution in [0.2, 0.25) is 0 Å². The fourth-order valence-corrected chi connectivity index (χ4v) is 2.54. The van der Waals surface area contributed by atoms with Gasteiger partial charge in [-0.2, -0.15) is 0 Å². The molecule has 102 valence electrons. The molecular weight excluding hydrogens is 210 g/mol. The molecule has 1 aliphatic rings. The van der Waals surface area contributed by atoms with E-state index in [1.54, 1.807) is 0 Å². The van der Waals surface area contributed by atoms with Gasteiger partial charge in [0.15, 0.2) is 0 Å². The molecule has 0 aromatic rings. The van der Waals surface area contributed by atoms with E-state index < -0.39 is 0 Å². The van der Waals surface area contributed by atoms with Gasteiger partial charge in [-0.25, -0.2) is 0 Å². The van der Waals surface area contributed by atoms with Crippen LogP contribution in [0.3, 0.4) is 0 Å². The van der Waals surface area contributed by atoms with E-state index in [-0.39, 0.29) is 0 Å². The van der Waals surface area contributed by atoms with Crippen molar-refractivity contribution in [2.24, 2.45) is 0 Å². The molecule has 0 aliphatic carbocycles. The molecule has 0 unspecified atom stereocenters. The maximum Gasteiger partial charge on any atom is 0.0110 e. The van der Waals surface area contributed by atoms with Crippen molar-refractivity contribution in [3.63, 3.8) is 0 Å². The third-order valence-electron chi connectivity index (χ3n) is 3.66. The second-order valence-corrected chi connectivity index (χ2v) is 5.20. The van der Waals surface area contributed by atoms with Crippen LogP contribution in [0, 0.1) is 0 Å². The molecule has 3 nitrogen and oxygen atoms in total. The van der Waals surface area contributed by atoms with E-state index in [9.17, 15) is 0 Å². The summed E-state index contributed by atoms with van der Waals surface area (Å²) in [5, 5.41) is 3.21. The molecule has 0 aromatic heterocycles. The quantitative estimate of drug-likeness (QED) is 0.621. The molecule has 1 heterocycles. The van der Waals surface area contributed by atoms with Gasteiger partial charge in [-0.05, 0) is 45.9 Å². The van der Waals surface area contributed by atoms with E-state index in [4.69, 9.17) is 0 Å². The minimum Gasteiger partial charge on any atom is -0.320 e. The van der Waals surface area contributed by atoms with Crippen molar-refractivity contribution < 1.29 is 0 Å². The minimum atomic E-state index is 1.18. The van der Waals surface area contributed by atoms with Crippen LogP contribution in [-0.4, -0.2) is 62.7 Å². The minimum absolute atomic E-state index is 1.18. The SMILES string of the molecule is CCCN1CCN(CCCCCCNC)CC1. The van der Waals surface area contributed by atoms with Gasteiger partial charge in [0.05, 0.1) is 0 Å². The lowest BCUT2D eigenvalue weighted by atomic mass is 10.2. The molecule has 3 heteroatoms. The predicted molar refractivity (Wildman–Crippen MR) is 75.6 cm³/mol. The molecule has 1 aliphatic heterocycles. The third-order valence-corrected chi connectivity index (χ3v) is 3.66. The summed E-state index contributed by atoms with van der Waals surface area (Å²) >= 11 is 0. The van der Waals surface area contributed by atoms with Crippen LogP contribution < -0.4 is 5.32 Å². The highest BCUT2D eigenvalue weighted by atomic mass is 15.3. The Hall–Kier alpha value is -0.120. The standard InChI is InChI=1S/C14H31N3/c1-3-9-16-11-13-17(14-12-16)10-7-5-4-6-8-15-2/h15H,3-14H2,1-2H3. The van der Waals surface area contributed by atoms with Crippen molar-refractivity contribution in [2.45, 2.75) is 39.0 Å². The monoisotopic (exact) mass is 241 g/mol. The molecular formula is C14H31N3. The summed E-state index contributed by atoms with van der Waals surface area (Å²) in [5.74, 6) is 0. The first-order valence-corrected chi connectivity index (χ1v) is 7.46. The Bertz CT molecular complexity index is 165. The maximum absolute atomic E-state index is 3.21. The zero-order valence-electron chi connectivity index (χ0n) is 11.9. The van der Waals surface area contributed by atoms with E-state index >= 15 is 0 Å². The number of piperazine rings is 1. The first kappa shape index (κ1) is 14.9. The average molecular weight is 241 g/mol. The smallest absolute Gasteiger partial charge is 0.0110 e. The summed E-state index contributed by atoms with van der Waals surface area (Å²) < 4.78 is 0. The highest BCUT2D eigenvalue weighted by Crippen LogP contribution is 2.06. The molecule has 1 saturated heterocycles. The van der Waals surface area contributed by atoms with E-state index in [1.807, 2.05) is 7.05 Å². The number of unbranched alkanes of at least 4 members (excludes halogenated alkanes) is 3. The van der Waals surface area contributed by atoms with Gasteiger partial charge in [0, 0.05) is 26.2 Å². The Kier molecular flexibility index (Phi) is 8.67. The molecule has 0 amide bonds. The van der Waals surface area contributed by atoms with Gasteiger partial charge in [0.2, 0.25) is 0 Å². The molecule has 0 saturated carbocycles. The number of rotatable bonds is 9. The Balaban J connectivity index is 1.91. The van der Waals surface area contributed by atoms with Gasteiger partial charge < -0.3 is 15.1 Å². The highest BCUT2D eigenvalue weighted by molar-refractivity contribution is 4.71. The Morgan fingerprint density at radius 2 is 1.41 bits per heavy atom. The second kappa shape index (κ2) is 9.86. The van der Waals surface area contributed by atoms with Crippen LogP contribution in [0.1, 0.15) is 39.0 Å². The summed E-state index contributed by atoms with van der Waals surface area (Å²) in [6, 6.07) is 0. The van der Waals surface area contributed by atoms with Crippen LogP contribution in [0.5, 0.6) is 0 Å². The van der Waals surface area contributed by atoms with Crippen molar-refractivity contribution in [3.05, 3.63) is 0 Å². The topological polar surface area (TPSA) is 18.5 Å². The number of nitrogens with zero attached hydrogens (tertiary/aromatic N) is 2. The first-order valence-electron chi connectivity index (χ1n) is 7.46. The second-order valence-electron chi connectivity index (χ2n) is 5.20. The Morgan fingerprint density at radius 1 is 0.824 bits per heavy atom. The summed E-state index contributed by atoms with van der Waals surface area (Å²) in [5.41, 5.74) is 0. The lowest BCUT2D eigenvalue weighted by Crippen LogP contribution is -2.46. The van der Waals surface area contributed by atoms with Gasteiger partial charge >= 0.3 is 0 Å². The molecule has 1 N–H and O–H groups in total. The van der Waals surface area contributed by atoms with Crippen LogP contribution in [0.15, 0.2) is 0 Å². The molecule has 1 fully saturated rings. The first-order chi connectivity index (χ1) is 8.36. The van der Waals surface area contributed by atoms with Crippen LogP contribution in [-0.2, 0) is 0 Å². The van der Waals surface area contributed by atoms with Gasteiger partial charge in [-0.3, -0.25) is 0 Å². The summed E-state index contributed by atoms with van der Waals surface area (Å²) in [7, 11) is 2.04. The van der Waals surface area contributed by atoms with Gasteiger partial charge in [0.1, 0.15) is 0 Å². The van der Waals surface area contributed by atoms with Crippen molar-refractivity contribution in [1.29, 1.82) is 0 Å². The lowest BCUT2D eigenvalue weighted by molar-refractivity contribution is 0.131. The molecule has 0 radical (unpaired) electrons. The zero-order chi connectivity index (χ0) is 12.3. The van der Waals surface area contributed by atoms with E-state index in [1.165, 1.54) is 77.9 Å². The molecule has 0 aromatic carbocycles. The van der Waals surface area contributed by atoms with Gasteiger partial charge in [-0.1, -0.05) is 19.8 Å². The van der Waals surface area contributed by atoms with E-state index in [0.29, 0.717) is 0 Å². The van der Waals surface area contributed by atoms with Crippen molar-refractivity contribution in [3.8, 4) is 0 Å². The molecule has 0 bridgehead atoms. The van der Waals surface area contributed by atoms with Crippen LogP contribution in [0.4, 0.5) is 0 Å². The number of hydrogen-bond acceptors (Lipinski definition) is 3. The van der Waals surface area contributed by atoms with Crippen molar-refractivity contribution in [2.75, 3.05) is 52.9 Å². The fraction of sp³-hybridized carbons (Fsp3) is 1.00. The number of hydrogen-bond donors (Lipinski definition) is 1. The van der Waals surface area contributed by atoms with E-state index in [2.05, 4.69) is 22.0 Å². The average Bonchev–Trinajstić information content (AvgIpc) is 2.36. The Morgan fingerprint density at radius 3 is 2.00 bits per heavy atom. The Labute approximate surface area is 108 Å². The molecule has 0 atom stereocenters. The lowest BCUT2D eigenvalue weighted by Gasteiger charge is -2.34. The summed E-state index contributed by atoms with van der Waals surface area (Å²) in [6.45, 7) is 11.2. The fourth-order valence-electron chi connectivity index (χ4n) is 2.54. The van der Waals surface area contributed by atoms with Crippen molar-refractivity contribution >= 4 is 0 Å². The molecule has 17 heavy (non-hydrogen) atoms. The normalized spacial score (nSPS) is 18.7. The van der Waals surface area contributed by atoms with Gasteiger partial charge in [-0.15, -0.1) is 0 Å². The third kappa shape index (κ3) is 7.02. The largest absolute Gasteiger partial charge is 0.320 e. The van der Waals surface area contributed by atoms with Crippen molar-refractivity contribution in [1.82, 2.24) is 15.1 Å². The zero-order valence-corrected chi connectivity index (χ0v) is 11.9. The molecule has 1 rings (SSSR count). The predicted octanol–water partition coefficient (Wildman–Crippen LogP) is 1.79.